The van der Waals surface area contributed by atoms with Crippen LogP contribution in [0.3, 0.4) is 0 Å². The minimum atomic E-state index is 0.203. The Morgan fingerprint density at radius 3 is 2.60 bits per heavy atom. The standard InChI is InChI=1S/C12H17NOS/c1-9-5-10(2)7-13(6-9)12(14)11-3-4-15-8-11/h3-4,8-10H,5-7H2,1-2H3. The average Bonchev–Trinajstić information content (AvgIpc) is 2.67. The van der Waals surface area contributed by atoms with E-state index in [1.54, 1.807) is 11.3 Å². The molecule has 0 aliphatic carbocycles. The summed E-state index contributed by atoms with van der Waals surface area (Å²) in [5.74, 6) is 1.47. The maximum atomic E-state index is 12.1. The van der Waals surface area contributed by atoms with Crippen LogP contribution in [-0.4, -0.2) is 23.9 Å². The summed E-state index contributed by atoms with van der Waals surface area (Å²) in [7, 11) is 0. The molecule has 82 valence electrons. The zero-order valence-corrected chi connectivity index (χ0v) is 10.1. The van der Waals surface area contributed by atoms with Crippen LogP contribution in [0.2, 0.25) is 0 Å². The molecule has 1 fully saturated rings. The molecule has 1 aromatic heterocycles. The van der Waals surface area contributed by atoms with Crippen LogP contribution in [-0.2, 0) is 0 Å². The van der Waals surface area contributed by atoms with Gasteiger partial charge in [0.25, 0.3) is 5.91 Å². The van der Waals surface area contributed by atoms with Gasteiger partial charge >= 0.3 is 0 Å². The van der Waals surface area contributed by atoms with Crippen molar-refractivity contribution in [2.75, 3.05) is 13.1 Å². The number of nitrogens with zero attached hydrogens (tertiary/aromatic N) is 1. The lowest BCUT2D eigenvalue weighted by molar-refractivity contribution is 0.0623. The Morgan fingerprint density at radius 1 is 1.40 bits per heavy atom. The molecule has 15 heavy (non-hydrogen) atoms. The third-order valence-electron chi connectivity index (χ3n) is 2.92. The van der Waals surface area contributed by atoms with Gasteiger partial charge in [0.1, 0.15) is 0 Å². The third kappa shape index (κ3) is 2.40. The van der Waals surface area contributed by atoms with Crippen LogP contribution in [0.1, 0.15) is 30.6 Å². The van der Waals surface area contributed by atoms with Crippen LogP contribution < -0.4 is 0 Å². The van der Waals surface area contributed by atoms with Crippen molar-refractivity contribution in [2.45, 2.75) is 20.3 Å². The molecule has 0 radical (unpaired) electrons. The first kappa shape index (κ1) is 10.7. The minimum absolute atomic E-state index is 0.203. The number of hydrogen-bond acceptors (Lipinski definition) is 2. The van der Waals surface area contributed by atoms with Crippen molar-refractivity contribution in [3.8, 4) is 0 Å². The molecular formula is C12H17NOS. The van der Waals surface area contributed by atoms with Gasteiger partial charge in [-0.25, -0.2) is 0 Å². The van der Waals surface area contributed by atoms with Gasteiger partial charge in [-0.15, -0.1) is 0 Å². The van der Waals surface area contributed by atoms with Crippen molar-refractivity contribution in [1.29, 1.82) is 0 Å². The molecule has 2 rings (SSSR count). The molecule has 2 atom stereocenters. The first-order valence-electron chi connectivity index (χ1n) is 5.48. The summed E-state index contributed by atoms with van der Waals surface area (Å²) in [5, 5.41) is 3.90. The molecule has 1 saturated heterocycles. The van der Waals surface area contributed by atoms with Gasteiger partial charge in [0.2, 0.25) is 0 Å². The van der Waals surface area contributed by atoms with Crippen LogP contribution in [0.15, 0.2) is 16.8 Å². The number of amides is 1. The van der Waals surface area contributed by atoms with E-state index in [9.17, 15) is 4.79 Å². The quantitative estimate of drug-likeness (QED) is 0.717. The van der Waals surface area contributed by atoms with Gasteiger partial charge in [0.05, 0.1) is 5.56 Å². The summed E-state index contributed by atoms with van der Waals surface area (Å²) < 4.78 is 0. The molecule has 2 nitrogen and oxygen atoms in total. The number of carbonyl (C=O) groups excluding carboxylic acids is 1. The fourth-order valence-electron chi connectivity index (χ4n) is 2.40. The van der Waals surface area contributed by atoms with Crippen molar-refractivity contribution in [3.63, 3.8) is 0 Å². The van der Waals surface area contributed by atoms with Gasteiger partial charge in [-0.2, -0.15) is 11.3 Å². The monoisotopic (exact) mass is 223 g/mol. The van der Waals surface area contributed by atoms with Crippen molar-refractivity contribution >= 4 is 17.2 Å². The predicted octanol–water partition coefficient (Wildman–Crippen LogP) is 2.87. The molecule has 0 bridgehead atoms. The SMILES string of the molecule is CC1CC(C)CN(C(=O)c2ccsc2)C1. The molecule has 1 aliphatic rings. The van der Waals surface area contributed by atoms with Crippen LogP contribution >= 0.6 is 11.3 Å². The largest absolute Gasteiger partial charge is 0.338 e. The fraction of sp³-hybridized carbons (Fsp3) is 0.583. The second kappa shape index (κ2) is 4.35. The highest BCUT2D eigenvalue weighted by Gasteiger charge is 2.25. The highest BCUT2D eigenvalue weighted by molar-refractivity contribution is 7.08. The maximum absolute atomic E-state index is 12.1. The van der Waals surface area contributed by atoms with Crippen LogP contribution in [0.4, 0.5) is 0 Å². The summed E-state index contributed by atoms with van der Waals surface area (Å²) >= 11 is 1.59. The number of rotatable bonds is 1. The lowest BCUT2D eigenvalue weighted by Crippen LogP contribution is -2.42. The van der Waals surface area contributed by atoms with Gasteiger partial charge < -0.3 is 4.90 Å². The molecular weight excluding hydrogens is 206 g/mol. The third-order valence-corrected chi connectivity index (χ3v) is 3.61. The Kier molecular flexibility index (Phi) is 3.10. The number of likely N-dealkylation sites (tertiary alicyclic amines) is 1. The van der Waals surface area contributed by atoms with Crippen LogP contribution in [0.25, 0.3) is 0 Å². The van der Waals surface area contributed by atoms with Crippen molar-refractivity contribution in [2.24, 2.45) is 11.8 Å². The van der Waals surface area contributed by atoms with Crippen molar-refractivity contribution < 1.29 is 4.79 Å². The molecule has 0 saturated carbocycles. The topological polar surface area (TPSA) is 20.3 Å². The highest BCUT2D eigenvalue weighted by Crippen LogP contribution is 2.22. The molecule has 0 spiro atoms. The number of piperidine rings is 1. The van der Waals surface area contributed by atoms with Crippen molar-refractivity contribution in [1.82, 2.24) is 4.90 Å². The van der Waals surface area contributed by atoms with E-state index in [-0.39, 0.29) is 5.91 Å². The summed E-state index contributed by atoms with van der Waals surface area (Å²) in [6.07, 6.45) is 1.24. The maximum Gasteiger partial charge on any atom is 0.254 e. The molecule has 2 heterocycles. The molecule has 2 unspecified atom stereocenters. The number of carbonyl (C=O) groups is 1. The first-order chi connectivity index (χ1) is 7.16. The normalized spacial score (nSPS) is 26.7. The first-order valence-corrected chi connectivity index (χ1v) is 6.42. The van der Waals surface area contributed by atoms with E-state index in [2.05, 4.69) is 13.8 Å². The lowest BCUT2D eigenvalue weighted by Gasteiger charge is -2.34. The molecule has 0 N–H and O–H groups in total. The second-order valence-electron chi connectivity index (χ2n) is 4.67. The van der Waals surface area contributed by atoms with Gasteiger partial charge in [-0.05, 0) is 29.7 Å². The Labute approximate surface area is 94.9 Å². The average molecular weight is 223 g/mol. The fourth-order valence-corrected chi connectivity index (χ4v) is 3.03. The predicted molar refractivity (Wildman–Crippen MR) is 63.2 cm³/mol. The van der Waals surface area contributed by atoms with Crippen LogP contribution in [0.5, 0.6) is 0 Å². The summed E-state index contributed by atoms with van der Waals surface area (Å²) in [6, 6.07) is 1.91. The number of thiophene rings is 1. The molecule has 1 amide bonds. The van der Waals surface area contributed by atoms with Gasteiger partial charge in [0, 0.05) is 18.5 Å². The van der Waals surface area contributed by atoms with Gasteiger partial charge in [0.15, 0.2) is 0 Å². The van der Waals surface area contributed by atoms with Crippen LogP contribution in [0, 0.1) is 11.8 Å². The Balaban J connectivity index is 2.07. The Morgan fingerprint density at radius 2 is 2.07 bits per heavy atom. The van der Waals surface area contributed by atoms with E-state index in [4.69, 9.17) is 0 Å². The summed E-state index contributed by atoms with van der Waals surface area (Å²) in [4.78, 5) is 14.1. The summed E-state index contributed by atoms with van der Waals surface area (Å²) in [6.45, 7) is 6.28. The van der Waals surface area contributed by atoms with E-state index < -0.39 is 0 Å². The van der Waals surface area contributed by atoms with E-state index in [0.29, 0.717) is 11.8 Å². The van der Waals surface area contributed by atoms with E-state index in [1.165, 1.54) is 6.42 Å². The minimum Gasteiger partial charge on any atom is -0.338 e. The molecule has 1 aromatic rings. The van der Waals surface area contributed by atoms with Gasteiger partial charge in [-0.3, -0.25) is 4.79 Å². The van der Waals surface area contributed by atoms with Gasteiger partial charge in [-0.1, -0.05) is 13.8 Å². The Hall–Kier alpha value is -0.830. The number of hydrogen-bond donors (Lipinski definition) is 0. The molecule has 0 aromatic carbocycles. The zero-order chi connectivity index (χ0) is 10.8. The molecule has 3 heteroatoms. The second-order valence-corrected chi connectivity index (χ2v) is 5.45. The smallest absolute Gasteiger partial charge is 0.254 e. The lowest BCUT2D eigenvalue weighted by atomic mass is 9.91. The van der Waals surface area contributed by atoms with E-state index in [0.717, 1.165) is 18.7 Å². The summed E-state index contributed by atoms with van der Waals surface area (Å²) in [5.41, 5.74) is 0.848. The van der Waals surface area contributed by atoms with Crippen molar-refractivity contribution in [3.05, 3.63) is 22.4 Å². The van der Waals surface area contributed by atoms with E-state index >= 15 is 0 Å². The van der Waals surface area contributed by atoms with E-state index in [1.807, 2.05) is 21.7 Å². The Bertz CT molecular complexity index is 323. The molecule has 1 aliphatic heterocycles. The highest BCUT2D eigenvalue weighted by atomic mass is 32.1. The zero-order valence-electron chi connectivity index (χ0n) is 9.27.